The van der Waals surface area contributed by atoms with Crippen molar-refractivity contribution in [1.29, 1.82) is 0 Å². The van der Waals surface area contributed by atoms with Crippen molar-refractivity contribution in [2.75, 3.05) is 9.80 Å². The molecule has 0 saturated heterocycles. The van der Waals surface area contributed by atoms with Gasteiger partial charge in [0.2, 0.25) is 0 Å². The summed E-state index contributed by atoms with van der Waals surface area (Å²) in [5, 5.41) is 11.1. The van der Waals surface area contributed by atoms with Crippen LogP contribution in [-0.4, -0.2) is 0 Å². The second kappa shape index (κ2) is 19.4. The number of anilines is 6. The van der Waals surface area contributed by atoms with Crippen molar-refractivity contribution >= 4 is 121 Å². The lowest BCUT2D eigenvalue weighted by molar-refractivity contribution is 0.643. The Morgan fingerprint density at radius 3 is 1.05 bits per heavy atom. The molecule has 2 aliphatic rings. The third-order valence-electron chi connectivity index (χ3n) is 18.5. The molecule has 0 N–H and O–H groups in total. The fourth-order valence-corrected chi connectivity index (χ4v) is 14.7. The number of fused-ring (bicyclic) bond motifs is 13. The molecule has 0 unspecified atom stereocenters. The quantitative estimate of drug-likeness (QED) is 0.137. The van der Waals surface area contributed by atoms with Crippen molar-refractivity contribution in [3.05, 3.63) is 254 Å². The fraction of sp³-hybridized carbons (Fsp3) is 0.128. The number of hydrogen-bond acceptors (Lipinski definition) is 5. The van der Waals surface area contributed by atoms with E-state index in [-0.39, 0.29) is 0 Å². The Kier molecular flexibility index (Phi) is 11.2. The van der Waals surface area contributed by atoms with E-state index < -0.39 is 0 Å². The molecule has 0 atom stereocenters. The van der Waals surface area contributed by atoms with Gasteiger partial charge >= 0.3 is 0 Å². The van der Waals surface area contributed by atoms with Gasteiger partial charge in [0.25, 0.3) is 0 Å². The van der Waals surface area contributed by atoms with Gasteiger partial charge in [0.05, 0.1) is 22.7 Å². The molecule has 3 aromatic heterocycles. The van der Waals surface area contributed by atoms with Crippen LogP contribution in [0, 0.1) is 0 Å². The van der Waals surface area contributed by atoms with E-state index in [1.54, 1.807) is 0 Å². The highest BCUT2D eigenvalue weighted by atomic mass is 16.3. The molecule has 0 amide bonds. The molecule has 15 aromatic rings. The molecule has 0 aliphatic heterocycles. The molecule has 5 nitrogen and oxygen atoms in total. The first-order chi connectivity index (χ1) is 41.2. The minimum Gasteiger partial charge on any atom is -0.456 e. The summed E-state index contributed by atoms with van der Waals surface area (Å²) in [7, 11) is 0. The van der Waals surface area contributed by atoms with E-state index in [0.717, 1.165) is 144 Å². The van der Waals surface area contributed by atoms with Crippen LogP contribution in [0.15, 0.2) is 256 Å². The van der Waals surface area contributed by atoms with Gasteiger partial charge in [-0.15, -0.1) is 0 Å². The Labute approximate surface area is 481 Å². The van der Waals surface area contributed by atoms with Gasteiger partial charge in [0, 0.05) is 66.6 Å². The molecular formula is C78H58N2O3. The first-order valence-electron chi connectivity index (χ1n) is 29.8. The Hall–Kier alpha value is -9.84. The molecule has 2 fully saturated rings. The topological polar surface area (TPSA) is 45.9 Å². The number of para-hydroxylation sites is 4. The molecule has 0 radical (unpaired) electrons. The van der Waals surface area contributed by atoms with E-state index in [1.165, 1.54) is 62.5 Å². The SMILES string of the molecule is c1ccc(-c2cccc(N(c3cc4oc5cc(N(c6cccc(-c7ccccc7)c6)c6cccc7c6oc6c(C8CCCC8)cccc67)c6ccccc6c5c4c4ccccc34)c3cccc4c3oc3c(C5CCCC5)cccc34)c2)cc1. The molecule has 83 heavy (non-hydrogen) atoms. The molecule has 2 aliphatic carbocycles. The minimum absolute atomic E-state index is 0.498. The zero-order valence-corrected chi connectivity index (χ0v) is 46.0. The standard InChI is InChI=1S/C78H58N2O3/c1-3-21-49(22-4-1)53-29-15-31-55(45-53)79(67-43-19-41-65-63-39-17-37-57(51-25-7-8-26-51)75(63)82-77(65)67)69-47-71-73(61-35-13-11-33-59(61)69)74-62-36-14-12-34-60(62)70(48-72(74)81-71)80(56-32-16-30-54(46-56)50-23-5-2-6-24-50)68-44-20-42-66-64-40-18-38-58(52-27-9-10-28-52)76(64)83-78(66)68/h1-6,11-24,29-48,51-52H,7-10,25-28H2. The lowest BCUT2D eigenvalue weighted by atomic mass is 9.95. The maximum Gasteiger partial charge on any atom is 0.159 e. The largest absolute Gasteiger partial charge is 0.456 e. The van der Waals surface area contributed by atoms with E-state index in [4.69, 9.17) is 13.3 Å². The van der Waals surface area contributed by atoms with Crippen molar-refractivity contribution in [2.45, 2.75) is 63.2 Å². The Morgan fingerprint density at radius 1 is 0.265 bits per heavy atom. The molecule has 0 bridgehead atoms. The number of furan rings is 3. The van der Waals surface area contributed by atoms with Crippen molar-refractivity contribution in [2.24, 2.45) is 0 Å². The smallest absolute Gasteiger partial charge is 0.159 e. The molecule has 398 valence electrons. The summed E-state index contributed by atoms with van der Waals surface area (Å²) in [5.41, 5.74) is 18.6. The summed E-state index contributed by atoms with van der Waals surface area (Å²) in [4.78, 5) is 4.83. The first-order valence-corrected chi connectivity index (χ1v) is 29.8. The summed E-state index contributed by atoms with van der Waals surface area (Å²) >= 11 is 0. The fourth-order valence-electron chi connectivity index (χ4n) is 14.7. The van der Waals surface area contributed by atoms with Crippen molar-refractivity contribution < 1.29 is 13.3 Å². The molecule has 2 saturated carbocycles. The number of rotatable bonds is 10. The van der Waals surface area contributed by atoms with Crippen LogP contribution < -0.4 is 9.80 Å². The maximum absolute atomic E-state index is 7.50. The van der Waals surface area contributed by atoms with Crippen LogP contribution in [0.2, 0.25) is 0 Å². The van der Waals surface area contributed by atoms with Gasteiger partial charge in [-0.05, 0) is 118 Å². The summed E-state index contributed by atoms with van der Waals surface area (Å²) in [6, 6.07) is 88.4. The van der Waals surface area contributed by atoms with E-state index in [2.05, 4.69) is 252 Å². The lowest BCUT2D eigenvalue weighted by Gasteiger charge is -2.28. The van der Waals surface area contributed by atoms with E-state index >= 15 is 0 Å². The zero-order chi connectivity index (χ0) is 54.5. The van der Waals surface area contributed by atoms with Gasteiger partial charge in [-0.2, -0.15) is 0 Å². The van der Waals surface area contributed by atoms with Gasteiger partial charge in [0.1, 0.15) is 22.3 Å². The maximum atomic E-state index is 7.50. The monoisotopic (exact) mass is 1070 g/mol. The second-order valence-electron chi connectivity index (χ2n) is 23.2. The highest BCUT2D eigenvalue weighted by molar-refractivity contribution is 6.30. The Balaban J connectivity index is 0.922. The molecular weight excluding hydrogens is 1010 g/mol. The van der Waals surface area contributed by atoms with E-state index in [1.807, 2.05) is 0 Å². The van der Waals surface area contributed by atoms with Crippen LogP contribution in [0.5, 0.6) is 0 Å². The highest BCUT2D eigenvalue weighted by Gasteiger charge is 2.30. The zero-order valence-electron chi connectivity index (χ0n) is 46.0. The summed E-state index contributed by atoms with van der Waals surface area (Å²) in [6.07, 6.45) is 9.81. The summed E-state index contributed by atoms with van der Waals surface area (Å²) in [6.45, 7) is 0. The molecule has 12 aromatic carbocycles. The summed E-state index contributed by atoms with van der Waals surface area (Å²) < 4.78 is 22.1. The second-order valence-corrected chi connectivity index (χ2v) is 23.2. The van der Waals surface area contributed by atoms with Crippen LogP contribution in [0.3, 0.4) is 0 Å². The highest BCUT2D eigenvalue weighted by Crippen LogP contribution is 2.53. The van der Waals surface area contributed by atoms with Gasteiger partial charge in [0.15, 0.2) is 11.2 Å². The average molecular weight is 1070 g/mol. The number of nitrogens with zero attached hydrogens (tertiary/aromatic N) is 2. The third-order valence-corrected chi connectivity index (χ3v) is 18.5. The van der Waals surface area contributed by atoms with Crippen molar-refractivity contribution in [1.82, 2.24) is 0 Å². The van der Waals surface area contributed by atoms with E-state index in [0.29, 0.717) is 11.8 Å². The molecule has 5 heteroatoms. The van der Waals surface area contributed by atoms with Crippen molar-refractivity contribution in [3.8, 4) is 22.3 Å². The molecule has 0 spiro atoms. The number of benzene rings is 12. The molecule has 3 heterocycles. The predicted octanol–water partition coefficient (Wildman–Crippen LogP) is 23.3. The Morgan fingerprint density at radius 2 is 0.614 bits per heavy atom. The Bertz CT molecular complexity index is 4700. The molecule has 17 rings (SSSR count). The van der Waals surface area contributed by atoms with Crippen LogP contribution in [-0.2, 0) is 0 Å². The van der Waals surface area contributed by atoms with Gasteiger partial charge < -0.3 is 23.1 Å². The number of hydrogen-bond donors (Lipinski definition) is 0. The van der Waals surface area contributed by atoms with Crippen LogP contribution in [0.25, 0.3) is 110 Å². The summed E-state index contributed by atoms with van der Waals surface area (Å²) in [5.74, 6) is 0.995. The lowest BCUT2D eigenvalue weighted by Crippen LogP contribution is -2.11. The van der Waals surface area contributed by atoms with Gasteiger partial charge in [-0.1, -0.05) is 220 Å². The normalized spacial score (nSPS) is 14.3. The minimum atomic E-state index is 0.498. The predicted molar refractivity (Wildman–Crippen MR) is 346 cm³/mol. The van der Waals surface area contributed by atoms with Crippen LogP contribution >= 0.6 is 0 Å². The van der Waals surface area contributed by atoms with Crippen LogP contribution in [0.4, 0.5) is 34.1 Å². The van der Waals surface area contributed by atoms with E-state index in [9.17, 15) is 0 Å². The van der Waals surface area contributed by atoms with Crippen LogP contribution in [0.1, 0.15) is 74.3 Å². The third kappa shape index (κ3) is 7.74. The van der Waals surface area contributed by atoms with Crippen molar-refractivity contribution in [3.63, 3.8) is 0 Å². The average Bonchev–Trinajstić information content (AvgIpc) is 2.12. The van der Waals surface area contributed by atoms with Gasteiger partial charge in [-0.3, -0.25) is 0 Å². The first kappa shape index (κ1) is 47.9. The van der Waals surface area contributed by atoms with Gasteiger partial charge in [-0.25, -0.2) is 0 Å².